The highest BCUT2D eigenvalue weighted by atomic mass is 35.5. The van der Waals surface area contributed by atoms with Gasteiger partial charge in [0.05, 0.1) is 31.7 Å². The van der Waals surface area contributed by atoms with E-state index in [0.29, 0.717) is 45.4 Å². The van der Waals surface area contributed by atoms with Gasteiger partial charge >= 0.3 is 0 Å². The summed E-state index contributed by atoms with van der Waals surface area (Å²) in [7, 11) is 0. The summed E-state index contributed by atoms with van der Waals surface area (Å²) in [5.41, 5.74) is 2.36. The molecule has 2 N–H and O–H groups in total. The maximum absolute atomic E-state index is 9.69. The minimum absolute atomic E-state index is 0.154. The molecular formula is C22H18Cl5NO3. The van der Waals surface area contributed by atoms with Gasteiger partial charge < -0.3 is 19.9 Å². The standard InChI is InChI=1S/C22H18Cl5NO3/c1-2-30-20-7-13(10-28-14-8-17(25)21(29)18(26)9-14)6-19(27)22(20)31-11-12-3-4-15(23)16(24)5-12/h3-9,28-29H,2,10-11H2,1H3. The van der Waals surface area contributed by atoms with E-state index >= 15 is 0 Å². The van der Waals surface area contributed by atoms with Crippen LogP contribution in [0.5, 0.6) is 17.2 Å². The van der Waals surface area contributed by atoms with E-state index in [1.54, 1.807) is 30.3 Å². The summed E-state index contributed by atoms with van der Waals surface area (Å²) in [4.78, 5) is 0. The fourth-order valence-corrected chi connectivity index (χ4v) is 3.88. The van der Waals surface area contributed by atoms with Crippen molar-refractivity contribution < 1.29 is 14.6 Å². The quantitative estimate of drug-likeness (QED) is 0.293. The van der Waals surface area contributed by atoms with Crippen molar-refractivity contribution in [1.82, 2.24) is 0 Å². The smallest absolute Gasteiger partial charge is 0.180 e. The van der Waals surface area contributed by atoms with E-state index in [-0.39, 0.29) is 22.4 Å². The number of hydrogen-bond acceptors (Lipinski definition) is 4. The molecule has 0 unspecified atom stereocenters. The molecule has 0 fully saturated rings. The van der Waals surface area contributed by atoms with Crippen LogP contribution in [0.3, 0.4) is 0 Å². The lowest BCUT2D eigenvalue weighted by atomic mass is 10.2. The lowest BCUT2D eigenvalue weighted by Crippen LogP contribution is -2.04. The monoisotopic (exact) mass is 519 g/mol. The number of benzene rings is 3. The third-order valence-electron chi connectivity index (χ3n) is 4.25. The molecule has 164 valence electrons. The van der Waals surface area contributed by atoms with E-state index < -0.39 is 0 Å². The van der Waals surface area contributed by atoms with Crippen molar-refractivity contribution in [3.63, 3.8) is 0 Å². The van der Waals surface area contributed by atoms with Crippen LogP contribution in [0.2, 0.25) is 25.1 Å². The van der Waals surface area contributed by atoms with Crippen LogP contribution >= 0.6 is 58.0 Å². The Labute approximate surface area is 205 Å². The molecule has 0 heterocycles. The molecule has 3 rings (SSSR count). The first-order chi connectivity index (χ1) is 14.8. The Bertz CT molecular complexity index is 1070. The molecule has 4 nitrogen and oxygen atoms in total. The predicted molar refractivity (Wildman–Crippen MR) is 129 cm³/mol. The van der Waals surface area contributed by atoms with Crippen LogP contribution in [0.25, 0.3) is 0 Å². The summed E-state index contributed by atoms with van der Waals surface area (Å²) in [6, 6.07) is 12.1. The second kappa shape index (κ2) is 10.8. The maximum atomic E-state index is 9.69. The third-order valence-corrected chi connectivity index (χ3v) is 5.85. The number of aromatic hydroxyl groups is 1. The van der Waals surface area contributed by atoms with Crippen LogP contribution < -0.4 is 14.8 Å². The highest BCUT2D eigenvalue weighted by Gasteiger charge is 2.14. The second-order valence-corrected chi connectivity index (χ2v) is 8.55. The van der Waals surface area contributed by atoms with Crippen LogP contribution in [-0.2, 0) is 13.2 Å². The van der Waals surface area contributed by atoms with E-state index in [1.165, 1.54) is 0 Å². The van der Waals surface area contributed by atoms with Gasteiger partial charge in [0.2, 0.25) is 0 Å². The fraction of sp³-hybridized carbons (Fsp3) is 0.182. The maximum Gasteiger partial charge on any atom is 0.180 e. The number of anilines is 1. The summed E-state index contributed by atoms with van der Waals surface area (Å²) in [5, 5.41) is 14.5. The summed E-state index contributed by atoms with van der Waals surface area (Å²) >= 11 is 30.5. The summed E-state index contributed by atoms with van der Waals surface area (Å²) < 4.78 is 11.7. The van der Waals surface area contributed by atoms with E-state index in [2.05, 4.69) is 5.32 Å². The Morgan fingerprint density at radius 1 is 0.774 bits per heavy atom. The molecule has 3 aromatic carbocycles. The lowest BCUT2D eigenvalue weighted by Gasteiger charge is -2.16. The summed E-state index contributed by atoms with van der Waals surface area (Å²) in [6.07, 6.45) is 0. The van der Waals surface area contributed by atoms with Crippen LogP contribution in [0.1, 0.15) is 18.1 Å². The van der Waals surface area contributed by atoms with Crippen molar-refractivity contribution in [2.75, 3.05) is 11.9 Å². The first kappa shape index (κ1) is 24.0. The molecule has 0 saturated carbocycles. The molecule has 0 atom stereocenters. The highest BCUT2D eigenvalue weighted by Crippen LogP contribution is 2.38. The molecule has 0 aromatic heterocycles. The van der Waals surface area contributed by atoms with Gasteiger partial charge in [0.1, 0.15) is 6.61 Å². The Kier molecular flexibility index (Phi) is 8.31. The van der Waals surface area contributed by atoms with Gasteiger partial charge in [0.25, 0.3) is 0 Å². The van der Waals surface area contributed by atoms with E-state index in [9.17, 15) is 5.11 Å². The van der Waals surface area contributed by atoms with Crippen molar-refractivity contribution >= 4 is 63.7 Å². The number of phenols is 1. The zero-order valence-corrected chi connectivity index (χ0v) is 20.1. The SMILES string of the molecule is CCOc1cc(CNc2cc(Cl)c(O)c(Cl)c2)cc(Cl)c1OCc1ccc(Cl)c(Cl)c1. The van der Waals surface area contributed by atoms with Gasteiger partial charge in [0.15, 0.2) is 17.2 Å². The van der Waals surface area contributed by atoms with Gasteiger partial charge in [-0.25, -0.2) is 0 Å². The Balaban J connectivity index is 1.77. The number of hydrogen-bond donors (Lipinski definition) is 2. The van der Waals surface area contributed by atoms with E-state index in [0.717, 1.165) is 11.1 Å². The number of halogens is 5. The van der Waals surface area contributed by atoms with E-state index in [4.69, 9.17) is 67.5 Å². The molecule has 0 bridgehead atoms. The topological polar surface area (TPSA) is 50.7 Å². The number of ether oxygens (including phenoxy) is 2. The van der Waals surface area contributed by atoms with Gasteiger partial charge in [-0.1, -0.05) is 64.1 Å². The fourth-order valence-electron chi connectivity index (χ4n) is 2.78. The minimum Gasteiger partial charge on any atom is -0.505 e. The number of phenolic OH excluding ortho intramolecular Hbond substituents is 1. The normalized spacial score (nSPS) is 10.8. The summed E-state index contributed by atoms with van der Waals surface area (Å²) in [5.74, 6) is 0.807. The van der Waals surface area contributed by atoms with Crippen LogP contribution in [0.4, 0.5) is 5.69 Å². The molecule has 0 aliphatic rings. The van der Waals surface area contributed by atoms with Crippen molar-refractivity contribution in [1.29, 1.82) is 0 Å². The molecule has 0 aliphatic heterocycles. The molecule has 3 aromatic rings. The molecule has 0 saturated heterocycles. The number of rotatable bonds is 8. The first-order valence-corrected chi connectivity index (χ1v) is 11.1. The zero-order valence-electron chi connectivity index (χ0n) is 16.3. The molecule has 0 amide bonds. The van der Waals surface area contributed by atoms with Crippen LogP contribution in [0, 0.1) is 0 Å². The lowest BCUT2D eigenvalue weighted by molar-refractivity contribution is 0.269. The number of nitrogens with one attached hydrogen (secondary N) is 1. The third kappa shape index (κ3) is 6.18. The van der Waals surface area contributed by atoms with Crippen molar-refractivity contribution in [3.8, 4) is 17.2 Å². The van der Waals surface area contributed by atoms with Crippen molar-refractivity contribution in [2.45, 2.75) is 20.1 Å². The molecular weight excluding hydrogens is 504 g/mol. The van der Waals surface area contributed by atoms with Gasteiger partial charge in [-0.2, -0.15) is 0 Å². The van der Waals surface area contributed by atoms with Gasteiger partial charge in [-0.15, -0.1) is 0 Å². The van der Waals surface area contributed by atoms with Crippen LogP contribution in [-0.4, -0.2) is 11.7 Å². The largest absolute Gasteiger partial charge is 0.505 e. The average Bonchev–Trinajstić information content (AvgIpc) is 2.72. The van der Waals surface area contributed by atoms with Gasteiger partial charge in [-0.05, 0) is 54.4 Å². The van der Waals surface area contributed by atoms with Crippen molar-refractivity contribution in [2.24, 2.45) is 0 Å². The Morgan fingerprint density at radius 2 is 1.45 bits per heavy atom. The Hall–Kier alpha value is -1.69. The zero-order chi connectivity index (χ0) is 22.5. The average molecular weight is 522 g/mol. The molecule has 0 radical (unpaired) electrons. The minimum atomic E-state index is -0.154. The summed E-state index contributed by atoms with van der Waals surface area (Å²) in [6.45, 7) is 2.99. The molecule has 31 heavy (non-hydrogen) atoms. The van der Waals surface area contributed by atoms with E-state index in [1.807, 2.05) is 19.1 Å². The van der Waals surface area contributed by atoms with Gasteiger partial charge in [-0.3, -0.25) is 0 Å². The Morgan fingerprint density at radius 3 is 2.10 bits per heavy atom. The predicted octanol–water partition coefficient (Wildman–Crippen LogP) is 8.25. The second-order valence-electron chi connectivity index (χ2n) is 6.52. The van der Waals surface area contributed by atoms with Crippen LogP contribution in [0.15, 0.2) is 42.5 Å². The molecule has 0 aliphatic carbocycles. The first-order valence-electron chi connectivity index (χ1n) is 9.22. The molecule has 0 spiro atoms. The van der Waals surface area contributed by atoms with Crippen molar-refractivity contribution in [3.05, 3.63) is 78.7 Å². The molecule has 9 heteroatoms. The highest BCUT2D eigenvalue weighted by molar-refractivity contribution is 6.42. The van der Waals surface area contributed by atoms with Gasteiger partial charge in [0, 0.05) is 12.2 Å².